The zero-order valence-corrected chi connectivity index (χ0v) is 13.8. The van der Waals surface area contributed by atoms with Crippen molar-refractivity contribution in [1.82, 2.24) is 0 Å². The SMILES string of the molecule is CS(=O)(=O)Cc1ccc(N[C@H]2CCC[C@@H](C3CC3)C2)cc1F. The van der Waals surface area contributed by atoms with Gasteiger partial charge in [-0.3, -0.25) is 0 Å². The summed E-state index contributed by atoms with van der Waals surface area (Å²) in [6, 6.07) is 5.23. The van der Waals surface area contributed by atoms with Crippen molar-refractivity contribution in [2.45, 2.75) is 50.3 Å². The molecule has 2 atom stereocenters. The molecular formula is C17H24FNO2S. The Morgan fingerprint density at radius 1 is 1.18 bits per heavy atom. The van der Waals surface area contributed by atoms with Crippen LogP contribution in [0.5, 0.6) is 0 Å². The van der Waals surface area contributed by atoms with E-state index >= 15 is 0 Å². The Morgan fingerprint density at radius 2 is 1.95 bits per heavy atom. The molecule has 1 aromatic carbocycles. The van der Waals surface area contributed by atoms with Crippen LogP contribution in [0.2, 0.25) is 0 Å². The van der Waals surface area contributed by atoms with Crippen molar-refractivity contribution in [2.75, 3.05) is 11.6 Å². The van der Waals surface area contributed by atoms with Gasteiger partial charge in [-0.1, -0.05) is 18.9 Å². The summed E-state index contributed by atoms with van der Waals surface area (Å²) in [5.74, 6) is 1.08. The smallest absolute Gasteiger partial charge is 0.151 e. The maximum absolute atomic E-state index is 14.0. The van der Waals surface area contributed by atoms with Crippen LogP contribution in [-0.4, -0.2) is 20.7 Å². The van der Waals surface area contributed by atoms with Crippen LogP contribution in [-0.2, 0) is 15.6 Å². The molecule has 0 heterocycles. The second kappa shape index (κ2) is 6.19. The predicted octanol–water partition coefficient (Wildman–Crippen LogP) is 3.75. The second-order valence-electron chi connectivity index (χ2n) is 6.98. The molecule has 0 unspecified atom stereocenters. The largest absolute Gasteiger partial charge is 0.382 e. The highest BCUT2D eigenvalue weighted by Gasteiger charge is 2.34. The van der Waals surface area contributed by atoms with Gasteiger partial charge in [0.05, 0.1) is 5.75 Å². The van der Waals surface area contributed by atoms with Crippen LogP contribution >= 0.6 is 0 Å². The molecule has 3 nitrogen and oxygen atoms in total. The third-order valence-electron chi connectivity index (χ3n) is 4.84. The lowest BCUT2D eigenvalue weighted by molar-refractivity contribution is 0.303. The van der Waals surface area contributed by atoms with E-state index < -0.39 is 15.7 Å². The molecule has 0 spiro atoms. The van der Waals surface area contributed by atoms with Crippen molar-refractivity contribution >= 4 is 15.5 Å². The lowest BCUT2D eigenvalue weighted by atomic mass is 9.82. The van der Waals surface area contributed by atoms with Crippen molar-refractivity contribution in [2.24, 2.45) is 11.8 Å². The van der Waals surface area contributed by atoms with Gasteiger partial charge in [-0.25, -0.2) is 12.8 Å². The minimum absolute atomic E-state index is 0.243. The van der Waals surface area contributed by atoms with E-state index in [-0.39, 0.29) is 11.3 Å². The summed E-state index contributed by atoms with van der Waals surface area (Å²) >= 11 is 0. The fourth-order valence-electron chi connectivity index (χ4n) is 3.63. The Balaban J connectivity index is 1.63. The Bertz CT molecular complexity index is 640. The molecule has 0 aromatic heterocycles. The van der Waals surface area contributed by atoms with Crippen LogP contribution in [0, 0.1) is 17.7 Å². The molecule has 0 aliphatic heterocycles. The second-order valence-corrected chi connectivity index (χ2v) is 9.12. The fraction of sp³-hybridized carbons (Fsp3) is 0.647. The van der Waals surface area contributed by atoms with Crippen LogP contribution < -0.4 is 5.32 Å². The highest BCUT2D eigenvalue weighted by Crippen LogP contribution is 2.44. The first-order valence-electron chi connectivity index (χ1n) is 8.13. The van der Waals surface area contributed by atoms with Crippen molar-refractivity contribution in [3.05, 3.63) is 29.6 Å². The normalized spacial score (nSPS) is 25.9. The van der Waals surface area contributed by atoms with E-state index in [2.05, 4.69) is 5.32 Å². The number of rotatable bonds is 5. The van der Waals surface area contributed by atoms with E-state index in [0.717, 1.165) is 30.2 Å². The molecule has 2 saturated carbocycles. The molecule has 0 radical (unpaired) electrons. The van der Waals surface area contributed by atoms with Gasteiger partial charge in [-0.05, 0) is 49.7 Å². The van der Waals surface area contributed by atoms with Gasteiger partial charge in [-0.2, -0.15) is 0 Å². The predicted molar refractivity (Wildman–Crippen MR) is 87.0 cm³/mol. The molecule has 3 rings (SSSR count). The van der Waals surface area contributed by atoms with Gasteiger partial charge in [0, 0.05) is 23.5 Å². The van der Waals surface area contributed by atoms with Crippen LogP contribution in [0.15, 0.2) is 18.2 Å². The highest BCUT2D eigenvalue weighted by molar-refractivity contribution is 7.89. The third kappa shape index (κ3) is 4.22. The standard InChI is InChI=1S/C17H24FNO2S/c1-22(20,21)11-14-7-8-16(10-17(14)18)19-15-4-2-3-13(9-15)12-5-6-12/h7-8,10,12-13,15,19H,2-6,9,11H2,1H3/t13-,15+/m1/s1. The molecule has 22 heavy (non-hydrogen) atoms. The molecule has 1 N–H and O–H groups in total. The molecule has 2 aliphatic carbocycles. The molecule has 2 aliphatic rings. The van der Waals surface area contributed by atoms with Gasteiger partial charge in [-0.15, -0.1) is 0 Å². The number of nitrogens with one attached hydrogen (secondary N) is 1. The minimum atomic E-state index is -3.21. The van der Waals surface area contributed by atoms with Gasteiger partial charge in [0.2, 0.25) is 0 Å². The fourth-order valence-corrected chi connectivity index (χ4v) is 4.43. The first-order chi connectivity index (χ1) is 10.4. The van der Waals surface area contributed by atoms with Crippen LogP contribution in [0.25, 0.3) is 0 Å². The summed E-state index contributed by atoms with van der Waals surface area (Å²) in [6.07, 6.45) is 8.78. The Hall–Kier alpha value is -1.10. The molecule has 1 aromatic rings. The van der Waals surface area contributed by atoms with Gasteiger partial charge in [0.15, 0.2) is 9.84 Å². The number of anilines is 1. The Kier molecular flexibility index (Phi) is 4.44. The van der Waals surface area contributed by atoms with Crippen molar-refractivity contribution in [1.29, 1.82) is 0 Å². The average Bonchev–Trinajstić information content (AvgIpc) is 3.25. The summed E-state index contributed by atoms with van der Waals surface area (Å²) in [6.45, 7) is 0. The van der Waals surface area contributed by atoms with E-state index in [9.17, 15) is 12.8 Å². The number of benzene rings is 1. The lowest BCUT2D eigenvalue weighted by Gasteiger charge is -2.30. The van der Waals surface area contributed by atoms with Gasteiger partial charge in [0.25, 0.3) is 0 Å². The first-order valence-corrected chi connectivity index (χ1v) is 10.2. The minimum Gasteiger partial charge on any atom is -0.382 e. The molecule has 2 fully saturated rings. The van der Waals surface area contributed by atoms with Crippen molar-refractivity contribution in [3.63, 3.8) is 0 Å². The maximum atomic E-state index is 14.0. The number of hydrogen-bond acceptors (Lipinski definition) is 3. The van der Waals surface area contributed by atoms with E-state index in [0.29, 0.717) is 6.04 Å². The highest BCUT2D eigenvalue weighted by atomic mass is 32.2. The zero-order chi connectivity index (χ0) is 15.7. The van der Waals surface area contributed by atoms with E-state index in [1.807, 2.05) is 0 Å². The van der Waals surface area contributed by atoms with E-state index in [4.69, 9.17) is 0 Å². The van der Waals surface area contributed by atoms with E-state index in [1.165, 1.54) is 38.2 Å². The summed E-state index contributed by atoms with van der Waals surface area (Å²) in [7, 11) is -3.21. The van der Waals surface area contributed by atoms with Gasteiger partial charge >= 0.3 is 0 Å². The summed E-state index contributed by atoms with van der Waals surface area (Å²) < 4.78 is 36.6. The maximum Gasteiger partial charge on any atom is 0.151 e. The number of halogens is 1. The number of hydrogen-bond donors (Lipinski definition) is 1. The van der Waals surface area contributed by atoms with Crippen molar-refractivity contribution < 1.29 is 12.8 Å². The average molecular weight is 325 g/mol. The van der Waals surface area contributed by atoms with Gasteiger partial charge < -0.3 is 5.32 Å². The molecule has 122 valence electrons. The molecule has 0 saturated heterocycles. The Morgan fingerprint density at radius 3 is 2.59 bits per heavy atom. The van der Waals surface area contributed by atoms with Crippen LogP contribution in [0.4, 0.5) is 10.1 Å². The third-order valence-corrected chi connectivity index (χ3v) is 5.68. The quantitative estimate of drug-likeness (QED) is 0.897. The lowest BCUT2D eigenvalue weighted by Crippen LogP contribution is -2.28. The first kappa shape index (κ1) is 15.8. The van der Waals surface area contributed by atoms with Crippen LogP contribution in [0.3, 0.4) is 0 Å². The number of sulfone groups is 1. The summed E-state index contributed by atoms with van der Waals surface area (Å²) in [4.78, 5) is 0. The molecular weight excluding hydrogens is 301 g/mol. The van der Waals surface area contributed by atoms with Crippen molar-refractivity contribution in [3.8, 4) is 0 Å². The van der Waals surface area contributed by atoms with Gasteiger partial charge in [0.1, 0.15) is 5.82 Å². The van der Waals surface area contributed by atoms with Crippen LogP contribution in [0.1, 0.15) is 44.1 Å². The molecule has 0 bridgehead atoms. The molecule has 5 heteroatoms. The zero-order valence-electron chi connectivity index (χ0n) is 13.0. The summed E-state index contributed by atoms with van der Waals surface area (Å²) in [5.41, 5.74) is 1.00. The molecule has 0 amide bonds. The summed E-state index contributed by atoms with van der Waals surface area (Å²) in [5, 5.41) is 3.43. The monoisotopic (exact) mass is 325 g/mol. The topological polar surface area (TPSA) is 46.2 Å². The van der Waals surface area contributed by atoms with E-state index in [1.54, 1.807) is 12.1 Å². The Labute approximate surface area is 132 Å².